The van der Waals surface area contributed by atoms with Gasteiger partial charge < -0.3 is 4.57 Å². The lowest BCUT2D eigenvalue weighted by molar-refractivity contribution is 1.20. The zero-order chi connectivity index (χ0) is 18.7. The molecule has 0 saturated heterocycles. The normalized spacial score (nSPS) is 11.8. The van der Waals surface area contributed by atoms with E-state index >= 15 is 0 Å². The van der Waals surface area contributed by atoms with Crippen LogP contribution in [0.1, 0.15) is 0 Å². The maximum atomic E-state index is 6.64. The van der Waals surface area contributed by atoms with Crippen molar-refractivity contribution in [2.45, 2.75) is 0 Å². The highest BCUT2D eigenvalue weighted by molar-refractivity contribution is 6.38. The third-order valence-electron chi connectivity index (χ3n) is 5.63. The lowest BCUT2D eigenvalue weighted by Gasteiger charge is -2.14. The molecule has 1 heterocycles. The van der Waals surface area contributed by atoms with Crippen molar-refractivity contribution in [3.05, 3.63) is 102 Å². The fourth-order valence-electron chi connectivity index (χ4n) is 4.45. The van der Waals surface area contributed by atoms with Crippen LogP contribution in [0.15, 0.2) is 97.1 Å². The Morgan fingerprint density at radius 1 is 0.536 bits per heavy atom. The molecule has 0 aliphatic rings. The molecular weight excluding hydrogens is 362 g/mol. The van der Waals surface area contributed by atoms with Gasteiger partial charge in [0.2, 0.25) is 0 Å². The van der Waals surface area contributed by atoms with Crippen LogP contribution in [-0.4, -0.2) is 4.57 Å². The quantitative estimate of drug-likeness (QED) is 0.258. The smallest absolute Gasteiger partial charge is 0.0556 e. The minimum Gasteiger partial charge on any atom is -0.309 e. The monoisotopic (exact) mass is 377 g/mol. The van der Waals surface area contributed by atoms with Crippen molar-refractivity contribution in [2.24, 2.45) is 0 Å². The Kier molecular flexibility index (Phi) is 3.29. The van der Waals surface area contributed by atoms with Crippen molar-refractivity contribution in [3.8, 4) is 5.69 Å². The lowest BCUT2D eigenvalue weighted by Crippen LogP contribution is -1.96. The second kappa shape index (κ2) is 5.85. The second-order valence-electron chi connectivity index (χ2n) is 7.15. The van der Waals surface area contributed by atoms with Crippen LogP contribution in [0.4, 0.5) is 0 Å². The van der Waals surface area contributed by atoms with Crippen LogP contribution < -0.4 is 0 Å². The Labute approximate surface area is 167 Å². The Bertz CT molecular complexity index is 1520. The van der Waals surface area contributed by atoms with E-state index in [1.54, 1.807) is 0 Å². The van der Waals surface area contributed by atoms with Crippen LogP contribution in [0.25, 0.3) is 49.0 Å². The lowest BCUT2D eigenvalue weighted by atomic mass is 10.00. The molecule has 132 valence electrons. The van der Waals surface area contributed by atoms with Gasteiger partial charge in [0, 0.05) is 16.2 Å². The van der Waals surface area contributed by atoms with Gasteiger partial charge in [-0.1, -0.05) is 84.4 Å². The largest absolute Gasteiger partial charge is 0.309 e. The summed E-state index contributed by atoms with van der Waals surface area (Å²) >= 11 is 6.64. The van der Waals surface area contributed by atoms with Crippen molar-refractivity contribution in [2.75, 3.05) is 0 Å². The van der Waals surface area contributed by atoms with Crippen LogP contribution in [0.3, 0.4) is 0 Å². The number of aromatic nitrogens is 1. The minimum absolute atomic E-state index is 0.789. The number of rotatable bonds is 1. The zero-order valence-electron chi connectivity index (χ0n) is 15.1. The molecule has 2 heteroatoms. The summed E-state index contributed by atoms with van der Waals surface area (Å²) in [6.07, 6.45) is 0. The van der Waals surface area contributed by atoms with Gasteiger partial charge in [-0.15, -0.1) is 0 Å². The molecule has 0 bridgehead atoms. The van der Waals surface area contributed by atoms with E-state index in [2.05, 4.69) is 89.5 Å². The van der Waals surface area contributed by atoms with Gasteiger partial charge in [-0.25, -0.2) is 0 Å². The molecule has 28 heavy (non-hydrogen) atoms. The predicted molar refractivity (Wildman–Crippen MR) is 121 cm³/mol. The van der Waals surface area contributed by atoms with Gasteiger partial charge in [0.25, 0.3) is 0 Å². The molecule has 1 aromatic heterocycles. The fourth-order valence-corrected chi connectivity index (χ4v) is 4.73. The minimum atomic E-state index is 0.789. The molecule has 0 aliphatic carbocycles. The molecule has 0 atom stereocenters. The fraction of sp³-hybridized carbons (Fsp3) is 0. The van der Waals surface area contributed by atoms with Crippen molar-refractivity contribution < 1.29 is 0 Å². The number of nitrogens with zero attached hydrogens (tertiary/aromatic N) is 1. The van der Waals surface area contributed by atoms with Crippen LogP contribution >= 0.6 is 11.6 Å². The van der Waals surface area contributed by atoms with E-state index in [0.29, 0.717) is 0 Å². The van der Waals surface area contributed by atoms with Crippen LogP contribution in [0.5, 0.6) is 0 Å². The molecule has 0 N–H and O–H groups in total. The Hall–Kier alpha value is -3.29. The first-order chi connectivity index (χ1) is 13.8. The summed E-state index contributed by atoms with van der Waals surface area (Å²) in [5, 5.41) is 8.10. The van der Waals surface area contributed by atoms with E-state index in [9.17, 15) is 0 Å². The van der Waals surface area contributed by atoms with Gasteiger partial charge in [-0.3, -0.25) is 0 Å². The summed E-state index contributed by atoms with van der Waals surface area (Å²) in [7, 11) is 0. The molecule has 5 aromatic carbocycles. The van der Waals surface area contributed by atoms with Crippen molar-refractivity contribution >= 4 is 55.0 Å². The summed E-state index contributed by atoms with van der Waals surface area (Å²) < 4.78 is 2.35. The van der Waals surface area contributed by atoms with E-state index in [4.69, 9.17) is 11.6 Å². The topological polar surface area (TPSA) is 4.93 Å². The van der Waals surface area contributed by atoms with E-state index < -0.39 is 0 Å². The summed E-state index contributed by atoms with van der Waals surface area (Å²) in [5.41, 5.74) is 3.49. The molecule has 0 amide bonds. The molecule has 0 radical (unpaired) electrons. The van der Waals surface area contributed by atoms with E-state index in [-0.39, 0.29) is 0 Å². The molecule has 0 fully saturated rings. The zero-order valence-corrected chi connectivity index (χ0v) is 15.8. The molecule has 6 rings (SSSR count). The average molecular weight is 378 g/mol. The molecule has 6 aromatic rings. The van der Waals surface area contributed by atoms with Crippen molar-refractivity contribution in [1.82, 2.24) is 4.57 Å². The summed E-state index contributed by atoms with van der Waals surface area (Å²) in [5.74, 6) is 0. The highest BCUT2D eigenvalue weighted by atomic mass is 35.5. The first-order valence-corrected chi connectivity index (χ1v) is 9.79. The standard InChI is InChI=1S/C26H16ClN/c27-22-13-7-15-24-26(22)21-12-5-6-14-23(21)28(24)25-16-17-8-1-2-9-18(17)19-10-3-4-11-20(19)25/h1-16H. The van der Waals surface area contributed by atoms with Gasteiger partial charge in [0.05, 0.1) is 21.7 Å². The molecule has 1 nitrogen and oxygen atoms in total. The summed E-state index contributed by atoms with van der Waals surface area (Å²) in [6.45, 7) is 0. The van der Waals surface area contributed by atoms with Gasteiger partial charge in [-0.05, 0) is 40.4 Å². The summed E-state index contributed by atoms with van der Waals surface area (Å²) in [4.78, 5) is 0. The first kappa shape index (κ1) is 15.7. The maximum Gasteiger partial charge on any atom is 0.0556 e. The average Bonchev–Trinajstić information content (AvgIpc) is 3.09. The van der Waals surface area contributed by atoms with E-state index in [0.717, 1.165) is 15.9 Å². The Balaban J connectivity index is 1.89. The van der Waals surface area contributed by atoms with E-state index in [1.807, 2.05) is 12.1 Å². The number of fused-ring (bicyclic) bond motifs is 6. The van der Waals surface area contributed by atoms with E-state index in [1.165, 1.54) is 38.1 Å². The first-order valence-electron chi connectivity index (χ1n) is 9.41. The number of hydrogen-bond donors (Lipinski definition) is 0. The number of halogens is 1. The number of hydrogen-bond acceptors (Lipinski definition) is 0. The molecule has 0 saturated carbocycles. The van der Waals surface area contributed by atoms with Gasteiger partial charge in [-0.2, -0.15) is 0 Å². The van der Waals surface area contributed by atoms with Crippen LogP contribution in [0.2, 0.25) is 5.02 Å². The third-order valence-corrected chi connectivity index (χ3v) is 5.95. The molecule has 0 unspecified atom stereocenters. The van der Waals surface area contributed by atoms with Gasteiger partial charge >= 0.3 is 0 Å². The maximum absolute atomic E-state index is 6.64. The molecule has 0 spiro atoms. The molecule has 0 aliphatic heterocycles. The van der Waals surface area contributed by atoms with Crippen LogP contribution in [-0.2, 0) is 0 Å². The Morgan fingerprint density at radius 2 is 1.18 bits per heavy atom. The van der Waals surface area contributed by atoms with Crippen molar-refractivity contribution in [1.29, 1.82) is 0 Å². The number of para-hydroxylation sites is 1. The van der Waals surface area contributed by atoms with Gasteiger partial charge in [0.1, 0.15) is 0 Å². The number of benzene rings is 5. The highest BCUT2D eigenvalue weighted by Gasteiger charge is 2.16. The summed E-state index contributed by atoms with van der Waals surface area (Å²) in [6, 6.07) is 34.2. The predicted octanol–water partition coefficient (Wildman–Crippen LogP) is 7.74. The second-order valence-corrected chi connectivity index (χ2v) is 7.56. The van der Waals surface area contributed by atoms with Crippen molar-refractivity contribution in [3.63, 3.8) is 0 Å². The Morgan fingerprint density at radius 3 is 2.04 bits per heavy atom. The van der Waals surface area contributed by atoms with Gasteiger partial charge in [0.15, 0.2) is 0 Å². The SMILES string of the molecule is Clc1cccc2c1c1ccccc1n2-c1cc2ccccc2c2ccccc12. The molecular formula is C26H16ClN. The van der Waals surface area contributed by atoms with Crippen LogP contribution in [0, 0.1) is 0 Å². The highest BCUT2D eigenvalue weighted by Crippen LogP contribution is 2.39. The third kappa shape index (κ3) is 2.08.